The van der Waals surface area contributed by atoms with Crippen molar-refractivity contribution in [2.75, 3.05) is 0 Å². The van der Waals surface area contributed by atoms with Crippen molar-refractivity contribution in [3.63, 3.8) is 0 Å². The van der Waals surface area contributed by atoms with Crippen LogP contribution in [-0.4, -0.2) is 13.4 Å². The van der Waals surface area contributed by atoms with Crippen LogP contribution < -0.4 is 0 Å². The molecule has 0 bridgehead atoms. The van der Waals surface area contributed by atoms with Gasteiger partial charge < -0.3 is 9.53 Å². The first-order valence-electron chi connectivity index (χ1n) is 9.25. The van der Waals surface area contributed by atoms with Crippen LogP contribution in [0.4, 0.5) is 0 Å². The number of aliphatic hydroxyl groups excluding tert-OH is 1. The average molecular weight is 369 g/mol. The van der Waals surface area contributed by atoms with Gasteiger partial charge in [0.1, 0.15) is 0 Å². The zero-order valence-corrected chi connectivity index (χ0v) is 17.7. The van der Waals surface area contributed by atoms with Crippen LogP contribution in [0.2, 0.25) is 18.1 Å². The molecule has 0 heterocycles. The maximum Gasteiger partial charge on any atom is 0.193 e. The lowest BCUT2D eigenvalue weighted by atomic mass is 9.95. The fourth-order valence-electron chi connectivity index (χ4n) is 2.63. The number of rotatable bonds is 7. The Morgan fingerprint density at radius 1 is 0.962 bits per heavy atom. The summed E-state index contributed by atoms with van der Waals surface area (Å²) in [6.45, 7) is 15.5. The molecule has 2 nitrogen and oxygen atoms in total. The van der Waals surface area contributed by atoms with Gasteiger partial charge in [-0.25, -0.2) is 0 Å². The molecule has 0 aliphatic heterocycles. The van der Waals surface area contributed by atoms with E-state index in [4.69, 9.17) is 4.43 Å². The Morgan fingerprint density at radius 2 is 1.42 bits per heavy atom. The van der Waals surface area contributed by atoms with Crippen LogP contribution in [0.15, 0.2) is 72.8 Å². The van der Waals surface area contributed by atoms with Crippen LogP contribution in [0.5, 0.6) is 0 Å². The minimum absolute atomic E-state index is 0.109. The highest BCUT2D eigenvalue weighted by atomic mass is 28.4. The second kappa shape index (κ2) is 8.34. The van der Waals surface area contributed by atoms with Crippen LogP contribution in [-0.2, 0) is 4.43 Å². The lowest BCUT2D eigenvalue weighted by Crippen LogP contribution is -2.42. The summed E-state index contributed by atoms with van der Waals surface area (Å²) in [5.74, 6) is 0. The Balaban J connectivity index is 2.25. The molecule has 3 heteroatoms. The fraction of sp³-hybridized carbons (Fsp3) is 0.391. The molecule has 2 aromatic rings. The molecule has 0 spiro atoms. The second-order valence-electron chi connectivity index (χ2n) is 8.46. The highest BCUT2D eigenvalue weighted by Gasteiger charge is 2.40. The van der Waals surface area contributed by atoms with Gasteiger partial charge in [0.15, 0.2) is 8.32 Å². The minimum Gasteiger partial charge on any atom is -0.406 e. The molecule has 2 aromatic carbocycles. The van der Waals surface area contributed by atoms with E-state index in [9.17, 15) is 5.11 Å². The number of hydrogen-bond acceptors (Lipinski definition) is 2. The van der Waals surface area contributed by atoms with E-state index >= 15 is 0 Å². The van der Waals surface area contributed by atoms with Crippen LogP contribution in [0, 0.1) is 0 Å². The van der Waals surface area contributed by atoms with Gasteiger partial charge in [0.05, 0.1) is 12.2 Å². The van der Waals surface area contributed by atoms with Crippen LogP contribution in [0.25, 0.3) is 0 Å². The highest BCUT2D eigenvalue weighted by Crippen LogP contribution is 2.42. The number of aliphatic hydroxyl groups is 1. The zero-order chi connectivity index (χ0) is 19.4. The highest BCUT2D eigenvalue weighted by molar-refractivity contribution is 6.74. The van der Waals surface area contributed by atoms with Gasteiger partial charge in [-0.3, -0.25) is 0 Å². The van der Waals surface area contributed by atoms with E-state index in [2.05, 4.69) is 52.6 Å². The summed E-state index contributed by atoms with van der Waals surface area (Å²) in [5, 5.41) is 10.7. The summed E-state index contributed by atoms with van der Waals surface area (Å²) in [4.78, 5) is 0. The SMILES string of the molecule is C=C(C[C@H](O)c1ccccc1)[C@H](O[Si](C)(C)C(C)(C)C)c1ccccc1. The molecule has 26 heavy (non-hydrogen) atoms. The summed E-state index contributed by atoms with van der Waals surface area (Å²) in [6, 6.07) is 20.0. The van der Waals surface area contributed by atoms with Crippen molar-refractivity contribution in [3.05, 3.63) is 83.9 Å². The maximum atomic E-state index is 10.6. The third-order valence-corrected chi connectivity index (χ3v) is 9.77. The van der Waals surface area contributed by atoms with Crippen molar-refractivity contribution in [3.8, 4) is 0 Å². The molecule has 0 fully saturated rings. The Morgan fingerprint density at radius 3 is 1.88 bits per heavy atom. The third-order valence-electron chi connectivity index (χ3n) is 5.33. The van der Waals surface area contributed by atoms with Crippen molar-refractivity contribution in [2.24, 2.45) is 0 Å². The van der Waals surface area contributed by atoms with Crippen LogP contribution >= 0.6 is 0 Å². The second-order valence-corrected chi connectivity index (χ2v) is 13.2. The van der Waals surface area contributed by atoms with Crippen molar-refractivity contribution in [2.45, 2.75) is 57.5 Å². The molecule has 0 amide bonds. The predicted octanol–water partition coefficient (Wildman–Crippen LogP) is 6.43. The van der Waals surface area contributed by atoms with Crippen molar-refractivity contribution in [1.82, 2.24) is 0 Å². The fourth-order valence-corrected chi connectivity index (χ4v) is 3.88. The molecule has 2 rings (SSSR count). The zero-order valence-electron chi connectivity index (χ0n) is 16.7. The van der Waals surface area contributed by atoms with Gasteiger partial charge in [-0.2, -0.15) is 0 Å². The normalized spacial score (nSPS) is 14.7. The first kappa shape index (κ1) is 20.6. The van der Waals surface area contributed by atoms with E-state index in [1.807, 2.05) is 48.5 Å². The van der Waals surface area contributed by atoms with Gasteiger partial charge in [-0.15, -0.1) is 0 Å². The maximum absolute atomic E-state index is 10.6. The predicted molar refractivity (Wildman–Crippen MR) is 113 cm³/mol. The molecule has 0 aliphatic carbocycles. The molecule has 0 aliphatic rings. The van der Waals surface area contributed by atoms with Gasteiger partial charge in [0, 0.05) is 6.42 Å². The summed E-state index contributed by atoms with van der Waals surface area (Å²) < 4.78 is 6.72. The summed E-state index contributed by atoms with van der Waals surface area (Å²) >= 11 is 0. The standard InChI is InChI=1S/C23H32O2Si/c1-18(17-21(24)19-13-9-7-10-14-19)22(20-15-11-8-12-16-20)25-26(5,6)23(2,3)4/h7-16,21-22,24H,1,17H2,2-6H3/t21-,22-/m0/s1. The Labute approximate surface area is 159 Å². The van der Waals surface area contributed by atoms with Crippen LogP contribution in [0.3, 0.4) is 0 Å². The molecule has 0 aromatic heterocycles. The topological polar surface area (TPSA) is 29.5 Å². The van der Waals surface area contributed by atoms with Crippen molar-refractivity contribution >= 4 is 8.32 Å². The van der Waals surface area contributed by atoms with E-state index < -0.39 is 14.4 Å². The number of benzene rings is 2. The molecule has 2 atom stereocenters. The van der Waals surface area contributed by atoms with E-state index in [0.717, 1.165) is 16.7 Å². The van der Waals surface area contributed by atoms with Crippen LogP contribution in [0.1, 0.15) is 50.5 Å². The lowest BCUT2D eigenvalue weighted by molar-refractivity contribution is 0.156. The summed E-state index contributed by atoms with van der Waals surface area (Å²) in [5.41, 5.74) is 2.92. The molecule has 140 valence electrons. The van der Waals surface area contributed by atoms with Gasteiger partial charge in [-0.05, 0) is 34.8 Å². The molecular weight excluding hydrogens is 336 g/mol. The summed E-state index contributed by atoms with van der Waals surface area (Å²) in [6.07, 6.45) is -0.286. The van der Waals surface area contributed by atoms with Gasteiger partial charge >= 0.3 is 0 Å². The summed E-state index contributed by atoms with van der Waals surface area (Å²) in [7, 11) is -1.99. The van der Waals surface area contributed by atoms with Crippen molar-refractivity contribution in [1.29, 1.82) is 0 Å². The monoisotopic (exact) mass is 368 g/mol. The van der Waals surface area contributed by atoms with Gasteiger partial charge in [0.25, 0.3) is 0 Å². The molecule has 0 saturated heterocycles. The Hall–Kier alpha value is -1.68. The first-order valence-corrected chi connectivity index (χ1v) is 12.2. The molecule has 0 unspecified atom stereocenters. The van der Waals surface area contributed by atoms with Gasteiger partial charge in [-0.1, -0.05) is 88.0 Å². The van der Waals surface area contributed by atoms with E-state index in [0.29, 0.717) is 6.42 Å². The van der Waals surface area contributed by atoms with E-state index in [1.165, 1.54) is 0 Å². The molecule has 0 radical (unpaired) electrons. The minimum atomic E-state index is -1.99. The van der Waals surface area contributed by atoms with Gasteiger partial charge in [0.2, 0.25) is 0 Å². The molecule has 0 saturated carbocycles. The lowest BCUT2D eigenvalue weighted by Gasteiger charge is -2.40. The number of hydrogen-bond donors (Lipinski definition) is 1. The molecule has 1 N–H and O–H groups in total. The largest absolute Gasteiger partial charge is 0.406 e. The van der Waals surface area contributed by atoms with Crippen molar-refractivity contribution < 1.29 is 9.53 Å². The quantitative estimate of drug-likeness (QED) is 0.451. The average Bonchev–Trinajstić information content (AvgIpc) is 2.60. The van der Waals surface area contributed by atoms with E-state index in [-0.39, 0.29) is 11.1 Å². The Kier molecular flexibility index (Phi) is 6.62. The third kappa shape index (κ3) is 5.16. The smallest absolute Gasteiger partial charge is 0.193 e. The first-order chi connectivity index (χ1) is 12.1. The van der Waals surface area contributed by atoms with E-state index in [1.54, 1.807) is 0 Å². The molecular formula is C23H32O2Si. The Bertz CT molecular complexity index is 702.